The second kappa shape index (κ2) is 9.52. The van der Waals surface area contributed by atoms with Crippen molar-refractivity contribution >= 4 is 35.0 Å². The number of nitrogens with zero attached hydrogens (tertiary/aromatic N) is 5. The molecule has 1 aromatic carbocycles. The maximum absolute atomic E-state index is 13.4. The van der Waals surface area contributed by atoms with Gasteiger partial charge in [-0.15, -0.1) is 0 Å². The Kier molecular flexibility index (Phi) is 6.53. The summed E-state index contributed by atoms with van der Waals surface area (Å²) >= 11 is 0. The molecule has 2 N–H and O–H groups in total. The maximum atomic E-state index is 13.4. The summed E-state index contributed by atoms with van der Waals surface area (Å²) in [4.78, 5) is 28.5. The molecular formula is C25H31N7O. The van der Waals surface area contributed by atoms with E-state index in [1.165, 1.54) is 0 Å². The SMILES string of the molecule is CCC1C(=N)N(C=N)c2cnc(C(=CN(C)C)C(=O)c3ccccc3)nc2N1C1CCCC1. The van der Waals surface area contributed by atoms with Gasteiger partial charge in [-0.1, -0.05) is 50.1 Å². The van der Waals surface area contributed by atoms with Crippen LogP contribution in [0.1, 0.15) is 55.2 Å². The molecule has 0 radical (unpaired) electrons. The van der Waals surface area contributed by atoms with Crippen LogP contribution in [0, 0.1) is 10.8 Å². The number of rotatable bonds is 7. The van der Waals surface area contributed by atoms with Crippen molar-refractivity contribution < 1.29 is 4.79 Å². The number of benzene rings is 1. The molecule has 8 nitrogen and oxygen atoms in total. The van der Waals surface area contributed by atoms with Gasteiger partial charge in [0.05, 0.1) is 24.2 Å². The van der Waals surface area contributed by atoms with E-state index in [-0.39, 0.29) is 17.9 Å². The third kappa shape index (κ3) is 4.25. The van der Waals surface area contributed by atoms with Gasteiger partial charge < -0.3 is 9.80 Å². The van der Waals surface area contributed by atoms with E-state index in [2.05, 4.69) is 16.8 Å². The van der Waals surface area contributed by atoms with Crippen molar-refractivity contribution in [3.05, 3.63) is 54.1 Å². The Morgan fingerprint density at radius 2 is 1.91 bits per heavy atom. The molecule has 1 fully saturated rings. The summed E-state index contributed by atoms with van der Waals surface area (Å²) in [5, 5.41) is 16.7. The number of hydrogen-bond donors (Lipinski definition) is 2. The number of allylic oxidation sites excluding steroid dienone is 1. The van der Waals surface area contributed by atoms with Crippen molar-refractivity contribution in [3.63, 3.8) is 0 Å². The van der Waals surface area contributed by atoms with Gasteiger partial charge in [-0.2, -0.15) is 0 Å². The molecule has 2 aromatic rings. The zero-order valence-electron chi connectivity index (χ0n) is 19.5. The Bertz CT molecular complexity index is 1070. The van der Waals surface area contributed by atoms with E-state index in [4.69, 9.17) is 15.8 Å². The molecule has 0 spiro atoms. The molecule has 1 aliphatic heterocycles. The van der Waals surface area contributed by atoms with Crippen LogP contribution in [0.15, 0.2) is 42.7 Å². The quantitative estimate of drug-likeness (QED) is 0.287. The van der Waals surface area contributed by atoms with Gasteiger partial charge in [0.15, 0.2) is 17.4 Å². The number of hydrogen-bond acceptors (Lipinski definition) is 7. The number of nitrogens with one attached hydrogen (secondary N) is 2. The highest BCUT2D eigenvalue weighted by atomic mass is 16.1. The third-order valence-electron chi connectivity index (χ3n) is 6.31. The fraction of sp³-hybridized carbons (Fsp3) is 0.400. The first-order valence-corrected chi connectivity index (χ1v) is 11.5. The first kappa shape index (κ1) is 22.6. The number of carbonyl (C=O) groups excluding carboxylic acids is 1. The summed E-state index contributed by atoms with van der Waals surface area (Å²) < 4.78 is 0. The molecule has 2 aliphatic rings. The minimum Gasteiger partial charge on any atom is -0.383 e. The molecule has 172 valence electrons. The van der Waals surface area contributed by atoms with Crippen LogP contribution in [0.3, 0.4) is 0 Å². The van der Waals surface area contributed by atoms with Crippen molar-refractivity contribution in [2.45, 2.75) is 51.1 Å². The van der Waals surface area contributed by atoms with Gasteiger partial charge >= 0.3 is 0 Å². The average molecular weight is 446 g/mol. The van der Waals surface area contributed by atoms with Gasteiger partial charge in [0.25, 0.3) is 0 Å². The molecule has 0 amide bonds. The Labute approximate surface area is 195 Å². The van der Waals surface area contributed by atoms with Crippen molar-refractivity contribution in [2.24, 2.45) is 0 Å². The summed E-state index contributed by atoms with van der Waals surface area (Å²) in [6, 6.07) is 9.27. The van der Waals surface area contributed by atoms with Gasteiger partial charge in [-0.05, 0) is 19.3 Å². The van der Waals surface area contributed by atoms with Crippen LogP contribution < -0.4 is 9.80 Å². The Morgan fingerprint density at radius 1 is 1.21 bits per heavy atom. The second-order valence-electron chi connectivity index (χ2n) is 8.76. The molecule has 33 heavy (non-hydrogen) atoms. The monoisotopic (exact) mass is 445 g/mol. The molecule has 2 heterocycles. The summed E-state index contributed by atoms with van der Waals surface area (Å²) in [5.41, 5.74) is 1.61. The molecule has 1 atom stereocenters. The highest BCUT2D eigenvalue weighted by molar-refractivity contribution is 6.28. The van der Waals surface area contributed by atoms with Crippen molar-refractivity contribution in [1.82, 2.24) is 14.9 Å². The van der Waals surface area contributed by atoms with Crippen LogP contribution in [-0.4, -0.2) is 59.0 Å². The van der Waals surface area contributed by atoms with E-state index in [0.717, 1.165) is 38.4 Å². The number of ketones is 1. The zero-order chi connectivity index (χ0) is 23.5. The maximum Gasteiger partial charge on any atom is 0.198 e. The molecule has 4 rings (SSSR count). The molecule has 1 unspecified atom stereocenters. The van der Waals surface area contributed by atoms with Crippen molar-refractivity contribution in [1.29, 1.82) is 10.8 Å². The van der Waals surface area contributed by atoms with E-state index in [9.17, 15) is 4.79 Å². The first-order valence-electron chi connectivity index (χ1n) is 11.5. The van der Waals surface area contributed by atoms with E-state index < -0.39 is 0 Å². The summed E-state index contributed by atoms with van der Waals surface area (Å²) in [6.45, 7) is 2.06. The molecule has 0 saturated heterocycles. The fourth-order valence-electron chi connectivity index (χ4n) is 4.79. The summed E-state index contributed by atoms with van der Waals surface area (Å²) in [5.74, 6) is 1.28. The number of amidine groups is 1. The lowest BCUT2D eigenvalue weighted by Crippen LogP contribution is -2.56. The topological polar surface area (TPSA) is 100 Å². The first-order chi connectivity index (χ1) is 16.0. The van der Waals surface area contributed by atoms with E-state index in [1.54, 1.807) is 29.4 Å². The lowest BCUT2D eigenvalue weighted by Gasteiger charge is -2.45. The van der Waals surface area contributed by atoms with E-state index in [1.807, 2.05) is 37.2 Å². The highest BCUT2D eigenvalue weighted by Gasteiger charge is 2.40. The summed E-state index contributed by atoms with van der Waals surface area (Å²) in [6.07, 6.45) is 9.72. The number of carbonyl (C=O) groups is 1. The largest absolute Gasteiger partial charge is 0.383 e. The van der Waals surface area contributed by atoms with Crippen LogP contribution >= 0.6 is 0 Å². The third-order valence-corrected chi connectivity index (χ3v) is 6.31. The fourth-order valence-corrected chi connectivity index (χ4v) is 4.79. The average Bonchev–Trinajstić information content (AvgIpc) is 3.36. The number of aromatic nitrogens is 2. The van der Waals surface area contributed by atoms with Crippen molar-refractivity contribution in [3.8, 4) is 0 Å². The zero-order valence-corrected chi connectivity index (χ0v) is 19.5. The van der Waals surface area contributed by atoms with Crippen LogP contribution in [0.2, 0.25) is 0 Å². The molecule has 1 aliphatic carbocycles. The predicted molar refractivity (Wildman–Crippen MR) is 132 cm³/mol. The highest BCUT2D eigenvalue weighted by Crippen LogP contribution is 2.40. The van der Waals surface area contributed by atoms with Crippen LogP contribution in [0.5, 0.6) is 0 Å². The molecule has 0 bridgehead atoms. The Balaban J connectivity index is 1.86. The molecule has 1 aromatic heterocycles. The minimum atomic E-state index is -0.170. The lowest BCUT2D eigenvalue weighted by atomic mass is 10.0. The van der Waals surface area contributed by atoms with Crippen LogP contribution in [-0.2, 0) is 0 Å². The number of anilines is 2. The molecule has 8 heteroatoms. The van der Waals surface area contributed by atoms with Crippen molar-refractivity contribution in [2.75, 3.05) is 23.9 Å². The standard InChI is InChI=1S/C25H31N7O/c1-4-20-23(27)31(16-26)21-14-28-24(29-25(21)32(20)18-12-8-9-13-18)19(15-30(2)3)22(33)17-10-6-5-7-11-17/h5-7,10-11,14-16,18,20,26-27H,4,8-9,12-13H2,1-3H3. The lowest BCUT2D eigenvalue weighted by molar-refractivity contribution is 0.105. The number of Topliss-reactive ketones (excluding diaryl/α,β-unsaturated/α-hetero) is 1. The van der Waals surface area contributed by atoms with Gasteiger partial charge in [0, 0.05) is 31.9 Å². The second-order valence-corrected chi connectivity index (χ2v) is 8.76. The molecule has 1 saturated carbocycles. The van der Waals surface area contributed by atoms with E-state index >= 15 is 0 Å². The minimum absolute atomic E-state index is 0.142. The normalized spacial score (nSPS) is 18.9. The number of fused-ring (bicyclic) bond motifs is 1. The Morgan fingerprint density at radius 3 is 2.52 bits per heavy atom. The molecular weight excluding hydrogens is 414 g/mol. The van der Waals surface area contributed by atoms with Crippen LogP contribution in [0.4, 0.5) is 11.5 Å². The smallest absolute Gasteiger partial charge is 0.198 e. The van der Waals surface area contributed by atoms with Crippen LogP contribution in [0.25, 0.3) is 5.57 Å². The van der Waals surface area contributed by atoms with Gasteiger partial charge in [-0.25, -0.2) is 9.97 Å². The van der Waals surface area contributed by atoms with Gasteiger partial charge in [0.1, 0.15) is 11.5 Å². The van der Waals surface area contributed by atoms with Gasteiger partial charge in [-0.3, -0.25) is 20.5 Å². The summed E-state index contributed by atoms with van der Waals surface area (Å²) in [7, 11) is 3.74. The van der Waals surface area contributed by atoms with Gasteiger partial charge in [0.2, 0.25) is 0 Å². The Hall–Kier alpha value is -3.55. The van der Waals surface area contributed by atoms with E-state index in [0.29, 0.717) is 34.3 Å². The predicted octanol–water partition coefficient (Wildman–Crippen LogP) is 4.19.